The van der Waals surface area contributed by atoms with Crippen molar-refractivity contribution in [3.8, 4) is 0 Å². The lowest BCUT2D eigenvalue weighted by Crippen LogP contribution is -2.22. The van der Waals surface area contributed by atoms with Gasteiger partial charge in [-0.15, -0.1) is 24.5 Å². The highest BCUT2D eigenvalue weighted by Crippen LogP contribution is 2.22. The maximum atomic E-state index is 10.9. The number of hydrogen-bond acceptors (Lipinski definition) is 4. The minimum Gasteiger partial charge on any atom is -0.291 e. The molecule has 1 N–H and O–H groups in total. The highest BCUT2D eigenvalue weighted by atomic mass is 32.3. The molecule has 1 aromatic heterocycles. The molecule has 1 rings (SSSR count). The van der Waals surface area contributed by atoms with Crippen LogP contribution in [0.5, 0.6) is 0 Å². The Kier molecular flexibility index (Phi) is 5.07. The highest BCUT2D eigenvalue weighted by molar-refractivity contribution is 7.88. The zero-order chi connectivity index (χ0) is 12.9. The molecule has 0 aliphatic carbocycles. The van der Waals surface area contributed by atoms with Crippen molar-refractivity contribution in [2.24, 2.45) is 0 Å². The fourth-order valence-corrected chi connectivity index (χ4v) is 3.13. The SMILES string of the molecule is C=CCN(CC=C)Cc1ccc(S(=O)(=O)O)s1. The van der Waals surface area contributed by atoms with Gasteiger partial charge >= 0.3 is 10.1 Å². The molecule has 4 nitrogen and oxygen atoms in total. The summed E-state index contributed by atoms with van der Waals surface area (Å²) in [5, 5.41) is 0. The quantitative estimate of drug-likeness (QED) is 0.611. The van der Waals surface area contributed by atoms with E-state index in [0.29, 0.717) is 19.6 Å². The van der Waals surface area contributed by atoms with Gasteiger partial charge in [-0.25, -0.2) is 0 Å². The molecule has 0 aliphatic heterocycles. The Bertz CT molecular complexity index is 481. The van der Waals surface area contributed by atoms with Gasteiger partial charge in [0.15, 0.2) is 0 Å². The minimum atomic E-state index is -4.08. The summed E-state index contributed by atoms with van der Waals surface area (Å²) in [4.78, 5) is 2.93. The fraction of sp³-hybridized carbons (Fsp3) is 0.273. The second-order valence-electron chi connectivity index (χ2n) is 3.47. The molecule has 1 heterocycles. The standard InChI is InChI=1S/C11H15NO3S2/c1-3-7-12(8-4-2)9-10-5-6-11(16-10)17(13,14)15/h3-6H,1-2,7-9H2,(H,13,14,15). The molecule has 0 amide bonds. The lowest BCUT2D eigenvalue weighted by molar-refractivity contribution is 0.331. The Hall–Kier alpha value is -0.950. The van der Waals surface area contributed by atoms with Gasteiger partial charge in [0.25, 0.3) is 0 Å². The second kappa shape index (κ2) is 6.11. The molecule has 0 unspecified atom stereocenters. The summed E-state index contributed by atoms with van der Waals surface area (Å²) in [5.41, 5.74) is 0. The van der Waals surface area contributed by atoms with Gasteiger partial charge in [0.05, 0.1) is 0 Å². The van der Waals surface area contributed by atoms with Gasteiger partial charge in [0.2, 0.25) is 0 Å². The highest BCUT2D eigenvalue weighted by Gasteiger charge is 2.13. The molecule has 0 bridgehead atoms. The minimum absolute atomic E-state index is 0.0235. The summed E-state index contributed by atoms with van der Waals surface area (Å²) in [6, 6.07) is 3.11. The van der Waals surface area contributed by atoms with Crippen LogP contribution in [0, 0.1) is 0 Å². The monoisotopic (exact) mass is 273 g/mol. The van der Waals surface area contributed by atoms with Crippen molar-refractivity contribution in [3.63, 3.8) is 0 Å². The van der Waals surface area contributed by atoms with Crippen molar-refractivity contribution in [1.29, 1.82) is 0 Å². The zero-order valence-corrected chi connectivity index (χ0v) is 11.0. The molecule has 0 radical (unpaired) electrons. The van der Waals surface area contributed by atoms with Crippen LogP contribution in [-0.2, 0) is 16.7 Å². The first kappa shape index (κ1) is 14.1. The largest absolute Gasteiger partial charge is 0.304 e. The summed E-state index contributed by atoms with van der Waals surface area (Å²) in [6.45, 7) is 9.33. The summed E-state index contributed by atoms with van der Waals surface area (Å²) < 4.78 is 30.7. The van der Waals surface area contributed by atoms with Crippen LogP contribution in [0.2, 0.25) is 0 Å². The van der Waals surface area contributed by atoms with Crippen molar-refractivity contribution in [1.82, 2.24) is 4.90 Å². The lowest BCUT2D eigenvalue weighted by atomic mass is 10.4. The summed E-state index contributed by atoms with van der Waals surface area (Å²) in [6.07, 6.45) is 3.56. The van der Waals surface area contributed by atoms with Crippen LogP contribution in [-0.4, -0.2) is 31.0 Å². The van der Waals surface area contributed by atoms with Gasteiger partial charge in [-0.05, 0) is 12.1 Å². The average Bonchev–Trinajstić information content (AvgIpc) is 2.66. The van der Waals surface area contributed by atoms with Gasteiger partial charge in [0.1, 0.15) is 4.21 Å². The Balaban J connectivity index is 2.76. The van der Waals surface area contributed by atoms with Crippen molar-refractivity contribution >= 4 is 21.5 Å². The van der Waals surface area contributed by atoms with E-state index in [2.05, 4.69) is 18.1 Å². The van der Waals surface area contributed by atoms with E-state index < -0.39 is 10.1 Å². The van der Waals surface area contributed by atoms with E-state index in [1.165, 1.54) is 6.07 Å². The summed E-state index contributed by atoms with van der Waals surface area (Å²) in [7, 11) is -4.08. The predicted molar refractivity (Wildman–Crippen MR) is 69.8 cm³/mol. The molecule has 0 aliphatic rings. The van der Waals surface area contributed by atoms with E-state index in [0.717, 1.165) is 16.2 Å². The van der Waals surface area contributed by atoms with Crippen LogP contribution >= 0.6 is 11.3 Å². The summed E-state index contributed by atoms with van der Waals surface area (Å²) in [5.74, 6) is 0. The summed E-state index contributed by atoms with van der Waals surface area (Å²) >= 11 is 1.07. The average molecular weight is 273 g/mol. The lowest BCUT2D eigenvalue weighted by Gasteiger charge is -2.17. The van der Waals surface area contributed by atoms with E-state index in [1.807, 2.05) is 0 Å². The van der Waals surface area contributed by atoms with Crippen LogP contribution in [0.4, 0.5) is 0 Å². The molecule has 0 fully saturated rings. The van der Waals surface area contributed by atoms with Crippen LogP contribution in [0.3, 0.4) is 0 Å². The molecule has 0 spiro atoms. The van der Waals surface area contributed by atoms with Crippen molar-refractivity contribution < 1.29 is 13.0 Å². The Labute approximate surface area is 106 Å². The number of hydrogen-bond donors (Lipinski definition) is 1. The van der Waals surface area contributed by atoms with E-state index in [9.17, 15) is 8.42 Å². The van der Waals surface area contributed by atoms with E-state index >= 15 is 0 Å². The Morgan fingerprint density at radius 2 is 1.88 bits per heavy atom. The van der Waals surface area contributed by atoms with Crippen LogP contribution < -0.4 is 0 Å². The van der Waals surface area contributed by atoms with E-state index in [-0.39, 0.29) is 4.21 Å². The molecule has 17 heavy (non-hydrogen) atoms. The third kappa shape index (κ3) is 4.43. The first-order valence-electron chi connectivity index (χ1n) is 4.97. The maximum Gasteiger partial charge on any atom is 0.304 e. The molecule has 0 saturated heterocycles. The number of nitrogens with zero attached hydrogens (tertiary/aromatic N) is 1. The molecular formula is C11H15NO3S2. The first-order chi connectivity index (χ1) is 7.97. The van der Waals surface area contributed by atoms with Crippen molar-refractivity contribution in [3.05, 3.63) is 42.3 Å². The third-order valence-electron chi connectivity index (χ3n) is 2.05. The van der Waals surface area contributed by atoms with Crippen LogP contribution in [0.15, 0.2) is 41.7 Å². The van der Waals surface area contributed by atoms with Gasteiger partial charge in [-0.1, -0.05) is 12.2 Å². The van der Waals surface area contributed by atoms with Crippen molar-refractivity contribution in [2.45, 2.75) is 10.8 Å². The Morgan fingerprint density at radius 3 is 2.29 bits per heavy atom. The van der Waals surface area contributed by atoms with Gasteiger partial charge < -0.3 is 0 Å². The topological polar surface area (TPSA) is 57.6 Å². The predicted octanol–water partition coefficient (Wildman–Crippen LogP) is 2.17. The maximum absolute atomic E-state index is 10.9. The molecule has 0 aromatic carbocycles. The van der Waals surface area contributed by atoms with E-state index in [1.54, 1.807) is 18.2 Å². The smallest absolute Gasteiger partial charge is 0.291 e. The Morgan fingerprint density at radius 1 is 1.29 bits per heavy atom. The molecule has 1 aromatic rings. The number of rotatable bonds is 7. The first-order valence-corrected chi connectivity index (χ1v) is 7.23. The number of thiophene rings is 1. The molecule has 6 heteroatoms. The molecule has 0 atom stereocenters. The molecular weight excluding hydrogens is 258 g/mol. The van der Waals surface area contributed by atoms with Gasteiger partial charge in [-0.2, -0.15) is 8.42 Å². The van der Waals surface area contributed by atoms with E-state index in [4.69, 9.17) is 4.55 Å². The zero-order valence-electron chi connectivity index (χ0n) is 9.37. The molecule has 0 saturated carbocycles. The van der Waals surface area contributed by atoms with Crippen molar-refractivity contribution in [2.75, 3.05) is 13.1 Å². The van der Waals surface area contributed by atoms with Crippen LogP contribution in [0.25, 0.3) is 0 Å². The molecule has 94 valence electrons. The fourth-order valence-electron chi connectivity index (χ4n) is 1.37. The van der Waals surface area contributed by atoms with Crippen LogP contribution in [0.1, 0.15) is 4.88 Å². The second-order valence-corrected chi connectivity index (χ2v) is 6.28. The normalized spacial score (nSPS) is 11.6. The third-order valence-corrected chi connectivity index (χ3v) is 4.44. The van der Waals surface area contributed by atoms with Gasteiger partial charge in [0, 0.05) is 24.5 Å². The van der Waals surface area contributed by atoms with Gasteiger partial charge in [-0.3, -0.25) is 9.45 Å².